The molecule has 0 saturated carbocycles. The van der Waals surface area contributed by atoms with Crippen molar-refractivity contribution >= 4 is 5.91 Å². The number of hydrogen-bond acceptors (Lipinski definition) is 2. The molecule has 0 radical (unpaired) electrons. The zero-order valence-corrected chi connectivity index (χ0v) is 12.7. The van der Waals surface area contributed by atoms with E-state index in [-0.39, 0.29) is 11.5 Å². The molecule has 0 aliphatic carbocycles. The van der Waals surface area contributed by atoms with Crippen molar-refractivity contribution in [2.75, 3.05) is 32.7 Å². The first-order valence-electron chi connectivity index (χ1n) is 7.40. The monoisotopic (exact) mass is 280 g/mol. The Morgan fingerprint density at radius 3 is 2.25 bits per heavy atom. The van der Waals surface area contributed by atoms with Crippen molar-refractivity contribution in [3.05, 3.63) is 35.6 Å². The molecule has 0 spiro atoms. The summed E-state index contributed by atoms with van der Waals surface area (Å²) in [5, 5.41) is 0. The summed E-state index contributed by atoms with van der Waals surface area (Å²) in [5.74, 6) is -0.662. The number of carbonyl (C=O) groups is 1. The van der Waals surface area contributed by atoms with E-state index in [1.165, 1.54) is 6.07 Å². The molecule has 0 heterocycles. The van der Waals surface area contributed by atoms with Crippen LogP contribution in [0.2, 0.25) is 0 Å². The van der Waals surface area contributed by atoms with Gasteiger partial charge in [0, 0.05) is 13.1 Å². The second-order valence-electron chi connectivity index (χ2n) is 4.75. The zero-order chi connectivity index (χ0) is 15.0. The van der Waals surface area contributed by atoms with Gasteiger partial charge in [0.25, 0.3) is 5.91 Å². The summed E-state index contributed by atoms with van der Waals surface area (Å²) in [6, 6.07) is 6.17. The Morgan fingerprint density at radius 1 is 1.05 bits per heavy atom. The van der Waals surface area contributed by atoms with E-state index in [2.05, 4.69) is 18.7 Å². The van der Waals surface area contributed by atoms with Gasteiger partial charge in [0.1, 0.15) is 5.82 Å². The van der Waals surface area contributed by atoms with Crippen molar-refractivity contribution in [2.45, 2.75) is 27.2 Å². The largest absolute Gasteiger partial charge is 0.339 e. The van der Waals surface area contributed by atoms with Crippen LogP contribution in [-0.4, -0.2) is 48.4 Å². The minimum atomic E-state index is -0.445. The fourth-order valence-electron chi connectivity index (χ4n) is 2.23. The van der Waals surface area contributed by atoms with Gasteiger partial charge < -0.3 is 9.80 Å². The Hall–Kier alpha value is -1.42. The molecule has 20 heavy (non-hydrogen) atoms. The molecule has 1 rings (SSSR count). The lowest BCUT2D eigenvalue weighted by Crippen LogP contribution is -2.34. The average molecular weight is 280 g/mol. The van der Waals surface area contributed by atoms with E-state index in [0.717, 1.165) is 26.1 Å². The first kappa shape index (κ1) is 16.6. The molecule has 0 saturated heterocycles. The number of carbonyl (C=O) groups excluding carboxylic acids is 1. The lowest BCUT2D eigenvalue weighted by atomic mass is 10.2. The van der Waals surface area contributed by atoms with Gasteiger partial charge in [-0.15, -0.1) is 0 Å². The molecule has 0 fully saturated rings. The minimum Gasteiger partial charge on any atom is -0.339 e. The van der Waals surface area contributed by atoms with E-state index in [0.29, 0.717) is 13.1 Å². The molecule has 1 aromatic carbocycles. The topological polar surface area (TPSA) is 23.6 Å². The number of benzene rings is 1. The van der Waals surface area contributed by atoms with Gasteiger partial charge in [0.15, 0.2) is 0 Å². The third-order valence-corrected chi connectivity index (χ3v) is 3.57. The Bertz CT molecular complexity index is 419. The normalized spacial score (nSPS) is 10.8. The van der Waals surface area contributed by atoms with Crippen LogP contribution in [0.5, 0.6) is 0 Å². The van der Waals surface area contributed by atoms with Crippen LogP contribution in [-0.2, 0) is 0 Å². The highest BCUT2D eigenvalue weighted by Gasteiger charge is 2.17. The zero-order valence-electron chi connectivity index (χ0n) is 12.7. The van der Waals surface area contributed by atoms with Gasteiger partial charge in [-0.1, -0.05) is 26.0 Å². The number of rotatable bonds is 8. The predicted octanol–water partition coefficient (Wildman–Crippen LogP) is 3.02. The highest BCUT2D eigenvalue weighted by Crippen LogP contribution is 2.10. The summed E-state index contributed by atoms with van der Waals surface area (Å²) in [6.45, 7) is 10.5. The molecule has 1 amide bonds. The van der Waals surface area contributed by atoms with Crippen LogP contribution < -0.4 is 0 Å². The van der Waals surface area contributed by atoms with E-state index >= 15 is 0 Å². The van der Waals surface area contributed by atoms with Crippen molar-refractivity contribution in [3.8, 4) is 0 Å². The van der Waals surface area contributed by atoms with Gasteiger partial charge in [-0.3, -0.25) is 4.79 Å². The summed E-state index contributed by atoms with van der Waals surface area (Å²) < 4.78 is 13.6. The number of amides is 1. The van der Waals surface area contributed by atoms with Gasteiger partial charge >= 0.3 is 0 Å². The maximum absolute atomic E-state index is 13.6. The number of nitrogens with zero attached hydrogens (tertiary/aromatic N) is 2. The molecule has 0 N–H and O–H groups in total. The van der Waals surface area contributed by atoms with E-state index < -0.39 is 5.82 Å². The molecule has 1 aromatic rings. The highest BCUT2D eigenvalue weighted by molar-refractivity contribution is 5.94. The van der Waals surface area contributed by atoms with E-state index in [9.17, 15) is 9.18 Å². The second kappa shape index (κ2) is 8.69. The van der Waals surface area contributed by atoms with E-state index in [4.69, 9.17) is 0 Å². The van der Waals surface area contributed by atoms with Crippen LogP contribution in [0.4, 0.5) is 4.39 Å². The Morgan fingerprint density at radius 2 is 1.70 bits per heavy atom. The van der Waals surface area contributed by atoms with Gasteiger partial charge in [0.2, 0.25) is 0 Å². The van der Waals surface area contributed by atoms with Crippen LogP contribution in [0.1, 0.15) is 37.6 Å². The third-order valence-electron chi connectivity index (χ3n) is 3.57. The van der Waals surface area contributed by atoms with Crippen molar-refractivity contribution in [2.24, 2.45) is 0 Å². The quantitative estimate of drug-likeness (QED) is 0.731. The summed E-state index contributed by atoms with van der Waals surface area (Å²) in [4.78, 5) is 16.3. The average Bonchev–Trinajstić information content (AvgIpc) is 2.47. The standard InChI is InChI=1S/C16H25FN2O/c1-4-18(5-2)12-9-13-19(6-3)16(20)14-10-7-8-11-15(14)17/h7-8,10-11H,4-6,9,12-13H2,1-3H3. The lowest BCUT2D eigenvalue weighted by molar-refractivity contribution is 0.0753. The highest BCUT2D eigenvalue weighted by atomic mass is 19.1. The molecule has 0 unspecified atom stereocenters. The molecule has 0 aliphatic heterocycles. The van der Waals surface area contributed by atoms with Gasteiger partial charge in [0.05, 0.1) is 5.56 Å². The molecule has 0 atom stereocenters. The van der Waals surface area contributed by atoms with Gasteiger partial charge in [-0.2, -0.15) is 0 Å². The van der Waals surface area contributed by atoms with Gasteiger partial charge in [-0.25, -0.2) is 4.39 Å². The molecule has 112 valence electrons. The first-order chi connectivity index (χ1) is 9.63. The van der Waals surface area contributed by atoms with Crippen LogP contribution in [0.3, 0.4) is 0 Å². The summed E-state index contributed by atoms with van der Waals surface area (Å²) in [7, 11) is 0. The molecule has 0 bridgehead atoms. The van der Waals surface area contributed by atoms with Crippen molar-refractivity contribution in [1.82, 2.24) is 9.80 Å². The Labute approximate surface area is 121 Å². The van der Waals surface area contributed by atoms with Crippen LogP contribution in [0.25, 0.3) is 0 Å². The molecular formula is C16H25FN2O. The van der Waals surface area contributed by atoms with Crippen molar-refractivity contribution in [1.29, 1.82) is 0 Å². The Kier molecular flexibility index (Phi) is 7.23. The number of halogens is 1. The fraction of sp³-hybridized carbons (Fsp3) is 0.562. The summed E-state index contributed by atoms with van der Waals surface area (Å²) >= 11 is 0. The lowest BCUT2D eigenvalue weighted by Gasteiger charge is -2.23. The maximum Gasteiger partial charge on any atom is 0.256 e. The van der Waals surface area contributed by atoms with E-state index in [1.807, 2.05) is 6.92 Å². The number of hydrogen-bond donors (Lipinski definition) is 0. The molecule has 3 nitrogen and oxygen atoms in total. The predicted molar refractivity (Wildman–Crippen MR) is 80.4 cm³/mol. The summed E-state index contributed by atoms with van der Waals surface area (Å²) in [6.07, 6.45) is 0.912. The Balaban J connectivity index is 2.58. The van der Waals surface area contributed by atoms with Crippen LogP contribution in [0, 0.1) is 5.82 Å². The third kappa shape index (κ3) is 4.60. The van der Waals surface area contributed by atoms with E-state index in [1.54, 1.807) is 23.1 Å². The van der Waals surface area contributed by atoms with Crippen LogP contribution in [0.15, 0.2) is 24.3 Å². The smallest absolute Gasteiger partial charge is 0.256 e. The molecule has 0 aromatic heterocycles. The molecule has 4 heteroatoms. The summed E-state index contributed by atoms with van der Waals surface area (Å²) in [5.41, 5.74) is 0.164. The van der Waals surface area contributed by atoms with Crippen LogP contribution >= 0.6 is 0 Å². The van der Waals surface area contributed by atoms with Crippen molar-refractivity contribution < 1.29 is 9.18 Å². The SMILES string of the molecule is CCN(CC)CCCN(CC)C(=O)c1ccccc1F. The van der Waals surface area contributed by atoms with Crippen molar-refractivity contribution in [3.63, 3.8) is 0 Å². The second-order valence-corrected chi connectivity index (χ2v) is 4.75. The minimum absolute atomic E-state index is 0.164. The molecular weight excluding hydrogens is 255 g/mol. The fourth-order valence-corrected chi connectivity index (χ4v) is 2.23. The molecule has 0 aliphatic rings. The van der Waals surface area contributed by atoms with Gasteiger partial charge in [-0.05, 0) is 45.1 Å². The maximum atomic E-state index is 13.6. The first-order valence-corrected chi connectivity index (χ1v) is 7.40.